The molecule has 0 aromatic carbocycles. The van der Waals surface area contributed by atoms with Crippen molar-refractivity contribution < 1.29 is 23.6 Å². The van der Waals surface area contributed by atoms with Crippen molar-refractivity contribution in [2.24, 2.45) is 5.73 Å². The van der Waals surface area contributed by atoms with Crippen LogP contribution in [0.3, 0.4) is 0 Å². The lowest BCUT2D eigenvalue weighted by atomic mass is 10.1. The van der Waals surface area contributed by atoms with E-state index in [0.717, 1.165) is 10.6 Å². The third kappa shape index (κ3) is 3.45. The second-order valence-corrected chi connectivity index (χ2v) is 4.24. The van der Waals surface area contributed by atoms with Gasteiger partial charge in [-0.3, -0.25) is 0 Å². The van der Waals surface area contributed by atoms with Crippen LogP contribution in [0.15, 0.2) is 11.6 Å². The van der Waals surface area contributed by atoms with Gasteiger partial charge in [-0.2, -0.15) is 5.06 Å². The van der Waals surface area contributed by atoms with Crippen molar-refractivity contribution in [1.82, 2.24) is 9.96 Å². The molecule has 20 heavy (non-hydrogen) atoms. The molecule has 2 amide bonds. The molecule has 2 atom stereocenters. The van der Waals surface area contributed by atoms with Crippen LogP contribution in [0.4, 0.5) is 9.18 Å². The summed E-state index contributed by atoms with van der Waals surface area (Å²) >= 11 is 0. The summed E-state index contributed by atoms with van der Waals surface area (Å²) in [7, 11) is 1.50. The molecule has 114 valence electrons. The van der Waals surface area contributed by atoms with Gasteiger partial charge in [-0.15, -0.1) is 0 Å². The summed E-state index contributed by atoms with van der Waals surface area (Å²) in [5, 5.41) is 0.901. The Hall–Kier alpha value is -1.67. The largest absolute Gasteiger partial charge is 0.462 e. The Morgan fingerprint density at radius 3 is 2.85 bits per heavy atom. The van der Waals surface area contributed by atoms with E-state index in [1.807, 2.05) is 13.0 Å². The van der Waals surface area contributed by atoms with Crippen molar-refractivity contribution in [2.75, 3.05) is 26.7 Å². The number of nitrogens with zero attached hydrogens (tertiary/aromatic N) is 2. The van der Waals surface area contributed by atoms with Crippen LogP contribution in [0.5, 0.6) is 0 Å². The molecule has 0 radical (unpaired) electrons. The van der Waals surface area contributed by atoms with Crippen LogP contribution in [0.2, 0.25) is 0 Å². The number of urea groups is 1. The lowest BCUT2D eigenvalue weighted by molar-refractivity contribution is -0.223. The van der Waals surface area contributed by atoms with Gasteiger partial charge in [0, 0.05) is 13.1 Å². The SMILES string of the molecule is CCOC(=O)C(F)ON1C(=O)N2CC(C)=CC1C2.CN. The van der Waals surface area contributed by atoms with Crippen molar-refractivity contribution in [2.45, 2.75) is 26.2 Å². The number of esters is 1. The zero-order valence-corrected chi connectivity index (χ0v) is 11.8. The molecule has 2 rings (SSSR count). The Kier molecular flexibility index (Phi) is 5.90. The fourth-order valence-corrected chi connectivity index (χ4v) is 2.07. The van der Waals surface area contributed by atoms with Crippen LogP contribution in [-0.4, -0.2) is 61.1 Å². The van der Waals surface area contributed by atoms with Crippen molar-refractivity contribution in [3.8, 4) is 0 Å². The molecule has 7 nitrogen and oxygen atoms in total. The molecule has 2 aliphatic rings. The number of fused-ring (bicyclic) bond motifs is 2. The first-order valence-corrected chi connectivity index (χ1v) is 6.33. The molecular weight excluding hydrogens is 269 g/mol. The molecular formula is C12H20FN3O4. The van der Waals surface area contributed by atoms with E-state index in [-0.39, 0.29) is 12.6 Å². The Bertz CT molecular complexity index is 402. The maximum atomic E-state index is 13.4. The van der Waals surface area contributed by atoms with E-state index < -0.39 is 18.4 Å². The van der Waals surface area contributed by atoms with Gasteiger partial charge >= 0.3 is 18.4 Å². The molecule has 8 heteroatoms. The number of rotatable bonds is 4. The summed E-state index contributed by atoms with van der Waals surface area (Å²) in [6.45, 7) is 4.47. The predicted octanol–water partition coefficient (Wildman–Crippen LogP) is 0.418. The minimum Gasteiger partial charge on any atom is -0.462 e. The van der Waals surface area contributed by atoms with Crippen LogP contribution >= 0.6 is 0 Å². The van der Waals surface area contributed by atoms with Crippen LogP contribution in [0, 0.1) is 0 Å². The van der Waals surface area contributed by atoms with Crippen LogP contribution < -0.4 is 5.73 Å². The van der Waals surface area contributed by atoms with E-state index in [4.69, 9.17) is 4.84 Å². The molecule has 0 spiro atoms. The molecule has 1 fully saturated rings. The maximum absolute atomic E-state index is 13.4. The third-order valence-corrected chi connectivity index (χ3v) is 2.76. The van der Waals surface area contributed by atoms with E-state index in [2.05, 4.69) is 10.5 Å². The van der Waals surface area contributed by atoms with Gasteiger partial charge in [0.15, 0.2) is 0 Å². The van der Waals surface area contributed by atoms with Gasteiger partial charge in [0.05, 0.1) is 12.6 Å². The molecule has 0 aliphatic carbocycles. The summed E-state index contributed by atoms with van der Waals surface area (Å²) in [5.74, 6) is -1.12. The quantitative estimate of drug-likeness (QED) is 0.599. The Morgan fingerprint density at radius 2 is 2.25 bits per heavy atom. The van der Waals surface area contributed by atoms with Gasteiger partial charge in [-0.25, -0.2) is 18.8 Å². The number of hydroxylamine groups is 2. The van der Waals surface area contributed by atoms with Gasteiger partial charge < -0.3 is 15.4 Å². The first-order valence-electron chi connectivity index (χ1n) is 6.33. The number of halogens is 1. The fraction of sp³-hybridized carbons (Fsp3) is 0.667. The van der Waals surface area contributed by atoms with E-state index in [1.165, 1.54) is 11.9 Å². The van der Waals surface area contributed by atoms with Gasteiger partial charge in [-0.05, 0) is 20.9 Å². The monoisotopic (exact) mass is 289 g/mol. The minimum absolute atomic E-state index is 0.0606. The van der Waals surface area contributed by atoms with Crippen molar-refractivity contribution in [3.63, 3.8) is 0 Å². The van der Waals surface area contributed by atoms with E-state index in [1.54, 1.807) is 6.92 Å². The highest BCUT2D eigenvalue weighted by Gasteiger charge is 2.42. The van der Waals surface area contributed by atoms with Gasteiger partial charge in [0.2, 0.25) is 0 Å². The number of alkyl halides is 1. The van der Waals surface area contributed by atoms with E-state index in [9.17, 15) is 14.0 Å². The van der Waals surface area contributed by atoms with Crippen molar-refractivity contribution in [1.29, 1.82) is 0 Å². The molecule has 2 unspecified atom stereocenters. The lowest BCUT2D eigenvalue weighted by Crippen LogP contribution is -2.38. The highest BCUT2D eigenvalue weighted by molar-refractivity contribution is 5.78. The second kappa shape index (κ2) is 7.20. The molecule has 0 aromatic rings. The predicted molar refractivity (Wildman–Crippen MR) is 69.1 cm³/mol. The van der Waals surface area contributed by atoms with Crippen molar-refractivity contribution in [3.05, 3.63) is 11.6 Å². The molecule has 1 saturated heterocycles. The van der Waals surface area contributed by atoms with Crippen LogP contribution in [0.1, 0.15) is 13.8 Å². The van der Waals surface area contributed by atoms with E-state index >= 15 is 0 Å². The summed E-state index contributed by atoms with van der Waals surface area (Å²) in [6, 6.07) is -0.779. The van der Waals surface area contributed by atoms with Crippen LogP contribution in [-0.2, 0) is 14.4 Å². The molecule has 0 saturated carbocycles. The number of hydrogen-bond donors (Lipinski definition) is 1. The standard InChI is InChI=1S/C11H15FN2O4.CH5N/c1-3-17-10(15)9(12)18-14-8-4-7(2)5-13(6-8)11(14)16;1-2/h4,8-9H,3,5-6H2,1-2H3;2H2,1H3. The topological polar surface area (TPSA) is 85.1 Å². The van der Waals surface area contributed by atoms with Gasteiger partial charge in [-0.1, -0.05) is 11.6 Å². The Labute approximate surface area is 117 Å². The zero-order valence-electron chi connectivity index (χ0n) is 11.8. The number of nitrogens with two attached hydrogens (primary N) is 1. The number of ether oxygens (including phenoxy) is 1. The molecule has 2 aliphatic heterocycles. The highest BCUT2D eigenvalue weighted by atomic mass is 19.1. The van der Waals surface area contributed by atoms with Crippen molar-refractivity contribution >= 4 is 12.0 Å². The summed E-state index contributed by atoms with van der Waals surface area (Å²) < 4.78 is 17.9. The average molecular weight is 289 g/mol. The zero-order chi connectivity index (χ0) is 15.3. The normalized spacial score (nSPS) is 21.9. The first kappa shape index (κ1) is 16.4. The molecule has 0 aromatic heterocycles. The number of carbonyl (C=O) groups is 2. The van der Waals surface area contributed by atoms with E-state index in [0.29, 0.717) is 13.1 Å². The minimum atomic E-state index is -2.27. The van der Waals surface area contributed by atoms with Gasteiger partial charge in [0.25, 0.3) is 0 Å². The molecule has 2 N–H and O–H groups in total. The summed E-state index contributed by atoms with van der Waals surface area (Å²) in [4.78, 5) is 29.2. The first-order chi connectivity index (χ1) is 9.52. The smallest absolute Gasteiger partial charge is 0.370 e. The highest BCUT2D eigenvalue weighted by Crippen LogP contribution is 2.25. The fourth-order valence-electron chi connectivity index (χ4n) is 2.07. The second-order valence-electron chi connectivity index (χ2n) is 4.24. The number of carbonyl (C=O) groups excluding carboxylic acids is 2. The van der Waals surface area contributed by atoms with Crippen LogP contribution in [0.25, 0.3) is 0 Å². The summed E-state index contributed by atoms with van der Waals surface area (Å²) in [5.41, 5.74) is 5.51. The lowest BCUT2D eigenvalue weighted by Gasteiger charge is -2.21. The average Bonchev–Trinajstić information content (AvgIpc) is 2.65. The Balaban J connectivity index is 0.000000956. The molecule has 2 heterocycles. The summed E-state index contributed by atoms with van der Waals surface area (Å²) in [6.07, 6.45) is -0.442. The third-order valence-electron chi connectivity index (χ3n) is 2.76. The number of hydrogen-bond acceptors (Lipinski definition) is 5. The maximum Gasteiger partial charge on any atom is 0.370 e. The van der Waals surface area contributed by atoms with Gasteiger partial charge in [0.1, 0.15) is 0 Å². The number of amides is 2. The Morgan fingerprint density at radius 1 is 1.60 bits per heavy atom. The molecule has 2 bridgehead atoms.